The lowest BCUT2D eigenvalue weighted by Crippen LogP contribution is -2.66. The van der Waals surface area contributed by atoms with E-state index >= 15 is 0 Å². The van der Waals surface area contributed by atoms with E-state index in [1.54, 1.807) is 0 Å². The Morgan fingerprint density at radius 3 is 2.04 bits per heavy atom. The van der Waals surface area contributed by atoms with Crippen LogP contribution in [0.25, 0.3) is 0 Å². The summed E-state index contributed by atoms with van der Waals surface area (Å²) in [5.41, 5.74) is 5.20. The first-order valence-corrected chi connectivity index (χ1v) is 8.28. The zero-order chi connectivity index (χ0) is 20.6. The Morgan fingerprint density at radius 2 is 1.58 bits per heavy atom. The van der Waals surface area contributed by atoms with Crippen LogP contribution in [-0.4, -0.2) is 69.0 Å². The number of nitrogens with zero attached hydrogens (tertiary/aromatic N) is 1. The van der Waals surface area contributed by atoms with Crippen LogP contribution < -0.4 is 10.6 Å². The third kappa shape index (κ3) is 4.02. The fourth-order valence-electron chi connectivity index (χ4n) is 1.92. The average molecular weight is 427 g/mol. The maximum atomic E-state index is 13.5. The summed E-state index contributed by atoms with van der Waals surface area (Å²) in [4.78, 5) is 0.908. The molecule has 0 bridgehead atoms. The van der Waals surface area contributed by atoms with Gasteiger partial charge in [0.25, 0.3) is 10.0 Å². The van der Waals surface area contributed by atoms with Crippen LogP contribution in [0, 0.1) is 0 Å². The van der Waals surface area contributed by atoms with Gasteiger partial charge >= 0.3 is 23.3 Å². The highest BCUT2D eigenvalue weighted by atomic mass is 32.2. The van der Waals surface area contributed by atoms with Crippen LogP contribution in [0.15, 0.2) is 0 Å². The van der Waals surface area contributed by atoms with Crippen molar-refractivity contribution in [3.8, 4) is 0 Å². The standard InChI is InChI=1S/C10H14F9N3O3S/c11-7(12,9(15,16)17)8(13,14)10(18,19)26(23,24)21-22-3-4-25-6(5-22)1-2-20/h6,21H,1-5,20H2. The lowest BCUT2D eigenvalue weighted by molar-refractivity contribution is -0.382. The van der Waals surface area contributed by atoms with Crippen molar-refractivity contribution in [2.75, 3.05) is 26.2 Å². The second kappa shape index (κ2) is 7.29. The van der Waals surface area contributed by atoms with Gasteiger partial charge in [0.05, 0.1) is 12.7 Å². The summed E-state index contributed by atoms with van der Waals surface area (Å²) in [6.07, 6.45) is -7.78. The smallest absolute Gasteiger partial charge is 0.375 e. The molecular formula is C10H14F9N3O3S. The quantitative estimate of drug-likeness (QED) is 0.599. The molecule has 1 heterocycles. The molecule has 0 aromatic carbocycles. The van der Waals surface area contributed by atoms with Gasteiger partial charge in [-0.3, -0.25) is 0 Å². The van der Waals surface area contributed by atoms with E-state index in [-0.39, 0.29) is 19.6 Å². The number of hydrazine groups is 1. The van der Waals surface area contributed by atoms with Gasteiger partial charge in [-0.25, -0.2) is 13.4 Å². The van der Waals surface area contributed by atoms with Crippen molar-refractivity contribution in [3.05, 3.63) is 0 Å². The van der Waals surface area contributed by atoms with Gasteiger partial charge in [-0.05, 0) is 13.0 Å². The topological polar surface area (TPSA) is 84.7 Å². The summed E-state index contributed by atoms with van der Waals surface area (Å²) in [6.45, 7) is -1.13. The van der Waals surface area contributed by atoms with E-state index in [1.807, 2.05) is 0 Å². The molecule has 1 unspecified atom stereocenters. The van der Waals surface area contributed by atoms with Crippen molar-refractivity contribution in [1.82, 2.24) is 9.84 Å². The number of rotatable bonds is 7. The summed E-state index contributed by atoms with van der Waals surface area (Å²) < 4.78 is 143. The zero-order valence-corrected chi connectivity index (χ0v) is 13.5. The first-order valence-electron chi connectivity index (χ1n) is 6.80. The average Bonchev–Trinajstić information content (AvgIpc) is 2.45. The minimum absolute atomic E-state index is 0.0390. The largest absolute Gasteiger partial charge is 0.460 e. The van der Waals surface area contributed by atoms with Gasteiger partial charge in [-0.15, -0.1) is 4.83 Å². The molecule has 1 aliphatic heterocycles. The highest BCUT2D eigenvalue weighted by Gasteiger charge is 2.85. The summed E-state index contributed by atoms with van der Waals surface area (Å²) in [7, 11) is -6.67. The number of nitrogens with one attached hydrogen (secondary N) is 1. The summed E-state index contributed by atoms with van der Waals surface area (Å²) in [5.74, 6) is -14.6. The van der Waals surface area contributed by atoms with Crippen molar-refractivity contribution < 1.29 is 52.7 Å². The van der Waals surface area contributed by atoms with Crippen LogP contribution in [-0.2, 0) is 14.8 Å². The van der Waals surface area contributed by atoms with E-state index in [9.17, 15) is 47.9 Å². The molecule has 26 heavy (non-hydrogen) atoms. The van der Waals surface area contributed by atoms with Crippen molar-refractivity contribution in [2.24, 2.45) is 5.73 Å². The van der Waals surface area contributed by atoms with Gasteiger partial charge in [0.1, 0.15) is 0 Å². The Balaban J connectivity index is 3.09. The van der Waals surface area contributed by atoms with E-state index in [0.29, 0.717) is 5.01 Å². The number of sulfonamides is 1. The van der Waals surface area contributed by atoms with Crippen LogP contribution in [0.3, 0.4) is 0 Å². The Bertz CT molecular complexity index is 594. The number of nitrogens with two attached hydrogens (primary N) is 1. The summed E-state index contributed by atoms with van der Waals surface area (Å²) >= 11 is 0. The van der Waals surface area contributed by atoms with Crippen LogP contribution in [0.2, 0.25) is 0 Å². The van der Waals surface area contributed by atoms with Crippen LogP contribution in [0.5, 0.6) is 0 Å². The van der Waals surface area contributed by atoms with Gasteiger partial charge in [0.15, 0.2) is 0 Å². The SMILES string of the molecule is NCCC1CN(NS(=O)(=O)C(F)(F)C(F)(F)C(F)(F)C(F)(F)F)CCO1. The number of alkyl halides is 9. The number of hydrogen-bond acceptors (Lipinski definition) is 5. The zero-order valence-electron chi connectivity index (χ0n) is 12.7. The van der Waals surface area contributed by atoms with Gasteiger partial charge in [-0.1, -0.05) is 0 Å². The molecule has 0 aliphatic carbocycles. The van der Waals surface area contributed by atoms with Crippen molar-refractivity contribution >= 4 is 10.0 Å². The molecule has 1 saturated heterocycles. The van der Waals surface area contributed by atoms with E-state index in [4.69, 9.17) is 10.5 Å². The summed E-state index contributed by atoms with van der Waals surface area (Å²) in [6, 6.07) is 0. The molecule has 0 aromatic heterocycles. The number of ether oxygens (including phenoxy) is 1. The molecule has 16 heteroatoms. The Labute approximate surface area is 141 Å². The minimum atomic E-state index is -7.30. The first kappa shape index (κ1) is 23.2. The second-order valence-corrected chi connectivity index (χ2v) is 6.98. The lowest BCUT2D eigenvalue weighted by Gasteiger charge is -2.36. The Morgan fingerprint density at radius 1 is 1.04 bits per heavy atom. The molecule has 1 atom stereocenters. The first-order chi connectivity index (χ1) is 11.5. The molecule has 6 nitrogen and oxygen atoms in total. The monoisotopic (exact) mass is 427 g/mol. The van der Waals surface area contributed by atoms with Gasteiger partial charge < -0.3 is 10.5 Å². The minimum Gasteiger partial charge on any atom is -0.375 e. The fourth-order valence-corrected chi connectivity index (χ4v) is 3.01. The molecule has 0 amide bonds. The highest BCUT2D eigenvalue weighted by molar-refractivity contribution is 7.90. The van der Waals surface area contributed by atoms with Gasteiger partial charge in [-0.2, -0.15) is 39.5 Å². The van der Waals surface area contributed by atoms with Gasteiger partial charge in [0, 0.05) is 13.1 Å². The molecule has 1 rings (SSSR count). The predicted molar refractivity (Wildman–Crippen MR) is 67.9 cm³/mol. The summed E-state index contributed by atoms with van der Waals surface area (Å²) in [5, 5.41) is -6.35. The molecule has 0 radical (unpaired) electrons. The van der Waals surface area contributed by atoms with Crippen LogP contribution in [0.1, 0.15) is 6.42 Å². The maximum absolute atomic E-state index is 13.5. The second-order valence-electron chi connectivity index (χ2n) is 5.27. The van der Waals surface area contributed by atoms with Crippen molar-refractivity contribution in [2.45, 2.75) is 35.8 Å². The third-order valence-corrected chi connectivity index (χ3v) is 4.76. The van der Waals surface area contributed by atoms with Crippen LogP contribution >= 0.6 is 0 Å². The molecule has 1 aliphatic rings. The molecule has 0 aromatic rings. The molecular weight excluding hydrogens is 413 g/mol. The van der Waals surface area contributed by atoms with Crippen LogP contribution in [0.4, 0.5) is 39.5 Å². The number of hydrogen-bond donors (Lipinski definition) is 2. The molecule has 3 N–H and O–H groups in total. The third-order valence-electron chi connectivity index (χ3n) is 3.33. The lowest BCUT2D eigenvalue weighted by atomic mass is 10.1. The van der Waals surface area contributed by atoms with E-state index in [0.717, 1.165) is 4.83 Å². The number of morpholine rings is 1. The van der Waals surface area contributed by atoms with Crippen molar-refractivity contribution in [1.29, 1.82) is 0 Å². The van der Waals surface area contributed by atoms with E-state index in [1.165, 1.54) is 0 Å². The molecule has 1 fully saturated rings. The number of halogens is 9. The Hall–Kier alpha value is -0.840. The normalized spacial score (nSPS) is 21.8. The molecule has 156 valence electrons. The highest BCUT2D eigenvalue weighted by Crippen LogP contribution is 2.54. The Kier molecular flexibility index (Phi) is 6.51. The van der Waals surface area contributed by atoms with Crippen molar-refractivity contribution in [3.63, 3.8) is 0 Å². The van der Waals surface area contributed by atoms with Gasteiger partial charge in [0.2, 0.25) is 0 Å². The van der Waals surface area contributed by atoms with E-state index in [2.05, 4.69) is 0 Å². The predicted octanol–water partition coefficient (Wildman–Crippen LogP) is 1.30. The fraction of sp³-hybridized carbons (Fsp3) is 1.00. The van der Waals surface area contributed by atoms with E-state index < -0.39 is 52.5 Å². The molecule has 0 spiro atoms. The molecule has 0 saturated carbocycles. The maximum Gasteiger partial charge on any atom is 0.460 e.